The Hall–Kier alpha value is -1.72. The van der Waals surface area contributed by atoms with Gasteiger partial charge in [-0.1, -0.05) is 4.85 Å². The molecule has 0 radical (unpaired) electrons. The van der Waals surface area contributed by atoms with Crippen molar-refractivity contribution in [1.29, 1.82) is 0 Å². The molecule has 0 spiro atoms. The van der Waals surface area contributed by atoms with E-state index < -0.39 is 6.09 Å². The monoisotopic (exact) mass is 211 g/mol. The molecular weight excluding hydrogens is 198 g/mol. The topological polar surface area (TPSA) is 67.6 Å². The van der Waals surface area contributed by atoms with Crippen molar-refractivity contribution in [3.05, 3.63) is 12.4 Å². The van der Waals surface area contributed by atoms with Crippen molar-refractivity contribution in [3.63, 3.8) is 0 Å². The third-order valence-electron chi connectivity index (χ3n) is 2.33. The zero-order valence-electron chi connectivity index (χ0n) is 8.30. The highest BCUT2D eigenvalue weighted by Crippen LogP contribution is 2.09. The van der Waals surface area contributed by atoms with Gasteiger partial charge in [0.25, 0.3) is 0 Å². The molecule has 1 fully saturated rings. The van der Waals surface area contributed by atoms with Gasteiger partial charge in [0.05, 0.1) is 6.20 Å². The minimum Gasteiger partial charge on any atom is -0.505 e. The van der Waals surface area contributed by atoms with E-state index in [9.17, 15) is 4.79 Å². The number of amides is 1. The van der Waals surface area contributed by atoms with Gasteiger partial charge in [-0.3, -0.25) is 4.84 Å². The lowest BCUT2D eigenvalue weighted by Crippen LogP contribution is -2.40. The smallest absolute Gasteiger partial charge is 0.435 e. The second-order valence-electron chi connectivity index (χ2n) is 3.51. The summed E-state index contributed by atoms with van der Waals surface area (Å²) in [6.07, 6.45) is 5.22. The number of carbonyl (C=O) groups is 1. The van der Waals surface area contributed by atoms with E-state index in [1.165, 1.54) is 12.4 Å². The van der Waals surface area contributed by atoms with Gasteiger partial charge in [-0.15, -0.1) is 5.10 Å². The Morgan fingerprint density at radius 3 is 2.73 bits per heavy atom. The van der Waals surface area contributed by atoms with Gasteiger partial charge in [-0.05, 0) is 19.3 Å². The average molecular weight is 211 g/mol. The summed E-state index contributed by atoms with van der Waals surface area (Å²) in [5.41, 5.74) is 0. The fourth-order valence-electron chi connectivity index (χ4n) is 1.56. The van der Waals surface area contributed by atoms with Crippen molar-refractivity contribution in [2.24, 2.45) is 0 Å². The van der Waals surface area contributed by atoms with Gasteiger partial charge in [-0.2, -0.15) is 0 Å². The number of carbonyl (C=O) groups excluding carboxylic acids is 1. The van der Waals surface area contributed by atoms with E-state index in [0.717, 1.165) is 37.2 Å². The van der Waals surface area contributed by atoms with Crippen molar-refractivity contribution in [2.75, 3.05) is 13.1 Å². The van der Waals surface area contributed by atoms with E-state index in [4.69, 9.17) is 9.94 Å². The van der Waals surface area contributed by atoms with Crippen LogP contribution in [0.5, 0.6) is 5.75 Å². The molecule has 1 aliphatic rings. The number of hydrogen-bond donors (Lipinski definition) is 1. The first-order chi connectivity index (χ1) is 7.25. The van der Waals surface area contributed by atoms with E-state index in [1.807, 2.05) is 0 Å². The average Bonchev–Trinajstić information content (AvgIpc) is 2.65. The zero-order valence-corrected chi connectivity index (χ0v) is 8.30. The van der Waals surface area contributed by atoms with Crippen LogP contribution in [0, 0.1) is 0 Å². The first kappa shape index (κ1) is 9.82. The zero-order chi connectivity index (χ0) is 10.7. The highest BCUT2D eigenvalue weighted by Gasteiger charge is 2.18. The Kier molecular flexibility index (Phi) is 2.75. The second-order valence-corrected chi connectivity index (χ2v) is 3.51. The molecule has 0 atom stereocenters. The molecule has 1 aromatic rings. The summed E-state index contributed by atoms with van der Waals surface area (Å²) in [5.74, 6) is -0.0264. The number of piperidine rings is 1. The third kappa shape index (κ3) is 2.39. The molecule has 2 rings (SSSR count). The van der Waals surface area contributed by atoms with Crippen LogP contribution in [0.25, 0.3) is 0 Å². The van der Waals surface area contributed by atoms with Gasteiger partial charge in [0.15, 0.2) is 5.75 Å². The molecule has 0 unspecified atom stereocenters. The minimum absolute atomic E-state index is 0.0264. The predicted octanol–water partition coefficient (Wildman–Crippen LogP) is 0.623. The molecule has 1 aromatic heterocycles. The molecule has 0 saturated carbocycles. The predicted molar refractivity (Wildman–Crippen MR) is 51.3 cm³/mol. The standard InChI is InChI=1S/C9H13N3O3/c13-8-6-10-12(7-8)15-9(14)11-4-2-1-3-5-11/h6-7,13H,1-5H2. The maximum Gasteiger partial charge on any atom is 0.435 e. The summed E-state index contributed by atoms with van der Waals surface area (Å²) in [7, 11) is 0. The molecule has 0 bridgehead atoms. The molecular formula is C9H13N3O3. The van der Waals surface area contributed by atoms with Crippen LogP contribution in [0.1, 0.15) is 19.3 Å². The van der Waals surface area contributed by atoms with Crippen LogP contribution < -0.4 is 4.84 Å². The van der Waals surface area contributed by atoms with Gasteiger partial charge < -0.3 is 10.0 Å². The summed E-state index contributed by atoms with van der Waals surface area (Å²) in [5, 5.41) is 12.6. The number of rotatable bonds is 1. The summed E-state index contributed by atoms with van der Waals surface area (Å²) in [6, 6.07) is 0. The van der Waals surface area contributed by atoms with Crippen LogP contribution in [0.3, 0.4) is 0 Å². The Morgan fingerprint density at radius 1 is 1.40 bits per heavy atom. The summed E-state index contributed by atoms with van der Waals surface area (Å²) < 4.78 is 0. The third-order valence-corrected chi connectivity index (χ3v) is 2.33. The lowest BCUT2D eigenvalue weighted by atomic mass is 10.1. The molecule has 82 valence electrons. The number of aromatic hydroxyl groups is 1. The van der Waals surface area contributed by atoms with Gasteiger partial charge in [-0.25, -0.2) is 4.79 Å². The molecule has 6 heteroatoms. The molecule has 1 N–H and O–H groups in total. The fraction of sp³-hybridized carbons (Fsp3) is 0.556. The van der Waals surface area contributed by atoms with Crippen LogP contribution in [-0.2, 0) is 0 Å². The Bertz CT molecular complexity index is 344. The summed E-state index contributed by atoms with van der Waals surface area (Å²) >= 11 is 0. The van der Waals surface area contributed by atoms with E-state index in [1.54, 1.807) is 4.90 Å². The fourth-order valence-corrected chi connectivity index (χ4v) is 1.56. The second kappa shape index (κ2) is 4.20. The van der Waals surface area contributed by atoms with E-state index in [2.05, 4.69) is 5.10 Å². The van der Waals surface area contributed by atoms with Gasteiger partial charge in [0.2, 0.25) is 0 Å². The molecule has 2 heterocycles. The lowest BCUT2D eigenvalue weighted by Gasteiger charge is -2.24. The maximum atomic E-state index is 11.5. The van der Waals surface area contributed by atoms with Crippen molar-refractivity contribution in [2.45, 2.75) is 19.3 Å². The van der Waals surface area contributed by atoms with Crippen LogP contribution in [0.4, 0.5) is 4.79 Å². The summed E-state index contributed by atoms with van der Waals surface area (Å²) in [4.78, 5) is 19.1. The van der Waals surface area contributed by atoms with Gasteiger partial charge in [0.1, 0.15) is 6.20 Å². The minimum atomic E-state index is -0.419. The molecule has 1 amide bonds. The molecule has 1 aliphatic heterocycles. The molecule has 1 saturated heterocycles. The molecule has 15 heavy (non-hydrogen) atoms. The number of aromatic nitrogens is 2. The number of hydrogen-bond acceptors (Lipinski definition) is 4. The van der Waals surface area contributed by atoms with Crippen molar-refractivity contribution in [3.8, 4) is 5.75 Å². The molecule has 6 nitrogen and oxygen atoms in total. The van der Waals surface area contributed by atoms with E-state index in [-0.39, 0.29) is 5.75 Å². The normalized spacial score (nSPS) is 16.4. The first-order valence-electron chi connectivity index (χ1n) is 4.96. The van der Waals surface area contributed by atoms with E-state index in [0.29, 0.717) is 0 Å². The first-order valence-corrected chi connectivity index (χ1v) is 4.96. The van der Waals surface area contributed by atoms with Crippen LogP contribution in [0.15, 0.2) is 12.4 Å². The van der Waals surface area contributed by atoms with E-state index >= 15 is 0 Å². The lowest BCUT2D eigenvalue weighted by molar-refractivity contribution is 0.0729. The van der Waals surface area contributed by atoms with Gasteiger partial charge in [0, 0.05) is 13.1 Å². The SMILES string of the molecule is O=C(On1cc(O)cn1)N1CCCCC1. The Labute approximate surface area is 87.0 Å². The van der Waals surface area contributed by atoms with Crippen molar-refractivity contribution in [1.82, 2.24) is 14.8 Å². The quantitative estimate of drug-likeness (QED) is 0.739. The number of likely N-dealkylation sites (tertiary alicyclic amines) is 1. The largest absolute Gasteiger partial charge is 0.505 e. The maximum absolute atomic E-state index is 11.5. The van der Waals surface area contributed by atoms with Crippen molar-refractivity contribution < 1.29 is 14.7 Å². The molecule has 0 aliphatic carbocycles. The van der Waals surface area contributed by atoms with Crippen LogP contribution in [-0.4, -0.2) is 39.1 Å². The highest BCUT2D eigenvalue weighted by molar-refractivity contribution is 5.67. The Morgan fingerprint density at radius 2 is 2.13 bits per heavy atom. The van der Waals surface area contributed by atoms with Crippen molar-refractivity contribution >= 4 is 6.09 Å². The van der Waals surface area contributed by atoms with Crippen LogP contribution >= 0.6 is 0 Å². The summed E-state index contributed by atoms with van der Waals surface area (Å²) in [6.45, 7) is 1.46. The highest BCUT2D eigenvalue weighted by atomic mass is 16.7. The molecule has 0 aromatic carbocycles. The van der Waals surface area contributed by atoms with Crippen LogP contribution in [0.2, 0.25) is 0 Å². The Balaban J connectivity index is 1.91. The van der Waals surface area contributed by atoms with Gasteiger partial charge >= 0.3 is 6.09 Å². The number of nitrogens with zero attached hydrogens (tertiary/aromatic N) is 3.